The van der Waals surface area contributed by atoms with Gasteiger partial charge < -0.3 is 19.9 Å². The van der Waals surface area contributed by atoms with E-state index in [1.165, 1.54) is 24.1 Å². The fourth-order valence-electron chi connectivity index (χ4n) is 3.55. The lowest BCUT2D eigenvalue weighted by Crippen LogP contribution is -2.46. The summed E-state index contributed by atoms with van der Waals surface area (Å²) >= 11 is 0. The molecule has 0 saturated carbocycles. The molecule has 1 unspecified atom stereocenters. The van der Waals surface area contributed by atoms with Crippen molar-refractivity contribution in [3.63, 3.8) is 0 Å². The quantitative estimate of drug-likeness (QED) is 0.735. The summed E-state index contributed by atoms with van der Waals surface area (Å²) in [7, 11) is 1.50. The maximum atomic E-state index is 13.1. The van der Waals surface area contributed by atoms with E-state index in [1.54, 1.807) is 4.90 Å². The molecule has 1 aliphatic heterocycles. The molecule has 1 heterocycles. The summed E-state index contributed by atoms with van der Waals surface area (Å²) in [6, 6.07) is 13.6. The topological polar surface area (TPSA) is 61.9 Å². The van der Waals surface area contributed by atoms with E-state index in [1.807, 2.05) is 30.3 Å². The molecule has 0 aliphatic carbocycles. The van der Waals surface area contributed by atoms with Gasteiger partial charge in [-0.1, -0.05) is 42.5 Å². The molecule has 0 bridgehead atoms. The van der Waals surface area contributed by atoms with Crippen LogP contribution in [-0.4, -0.2) is 61.6 Å². The summed E-state index contributed by atoms with van der Waals surface area (Å²) in [4.78, 5) is 28.7. The van der Waals surface area contributed by atoms with Gasteiger partial charge in [0.2, 0.25) is 5.91 Å². The number of urea groups is 1. The summed E-state index contributed by atoms with van der Waals surface area (Å²) in [6.07, 6.45) is -4.44. The summed E-state index contributed by atoms with van der Waals surface area (Å²) in [5.41, 5.74) is 0.385. The van der Waals surface area contributed by atoms with E-state index in [0.717, 1.165) is 17.7 Å². The van der Waals surface area contributed by atoms with Crippen LogP contribution >= 0.6 is 0 Å². The molecule has 2 aromatic carbocycles. The summed E-state index contributed by atoms with van der Waals surface area (Å²) < 4.78 is 44.1. The molecule has 6 nitrogen and oxygen atoms in total. The van der Waals surface area contributed by atoms with Crippen molar-refractivity contribution < 1.29 is 27.5 Å². The molecule has 32 heavy (non-hydrogen) atoms. The van der Waals surface area contributed by atoms with Gasteiger partial charge in [0.15, 0.2) is 0 Å². The second-order valence-corrected chi connectivity index (χ2v) is 7.64. The average molecular weight is 449 g/mol. The monoisotopic (exact) mass is 449 g/mol. The van der Waals surface area contributed by atoms with Crippen molar-refractivity contribution >= 4 is 11.9 Å². The third-order valence-electron chi connectivity index (χ3n) is 5.30. The van der Waals surface area contributed by atoms with E-state index >= 15 is 0 Å². The van der Waals surface area contributed by atoms with E-state index in [-0.39, 0.29) is 19.0 Å². The largest absolute Gasteiger partial charge is 0.416 e. The standard InChI is InChI=1S/C23H26F3N3O3/c1-28(16-17-6-5-9-19(14-17)23(24,25)26)22(31)27-15-20(18-7-3-2-4-8-18)21(30)29-10-12-32-13-11-29/h2-9,14,20H,10-13,15-16H2,1H3,(H,27,31). The normalized spacial score (nSPS) is 15.2. The van der Waals surface area contributed by atoms with Crippen molar-refractivity contribution in [3.8, 4) is 0 Å². The molecule has 1 saturated heterocycles. The first-order valence-corrected chi connectivity index (χ1v) is 10.3. The van der Waals surface area contributed by atoms with E-state index in [0.29, 0.717) is 31.9 Å². The number of carbonyl (C=O) groups is 2. The Morgan fingerprint density at radius 1 is 1.09 bits per heavy atom. The molecule has 3 amide bonds. The van der Waals surface area contributed by atoms with E-state index < -0.39 is 23.7 Å². The number of morpholine rings is 1. The van der Waals surface area contributed by atoms with Crippen LogP contribution in [0, 0.1) is 0 Å². The number of nitrogens with one attached hydrogen (secondary N) is 1. The van der Waals surface area contributed by atoms with Crippen molar-refractivity contribution in [2.75, 3.05) is 39.9 Å². The molecule has 3 rings (SSSR count). The average Bonchev–Trinajstić information content (AvgIpc) is 2.80. The molecule has 172 valence electrons. The Balaban J connectivity index is 1.65. The van der Waals surface area contributed by atoms with Gasteiger partial charge in [-0.2, -0.15) is 13.2 Å². The number of rotatable bonds is 6. The van der Waals surface area contributed by atoms with Gasteiger partial charge in [-0.3, -0.25) is 4.79 Å². The first-order valence-electron chi connectivity index (χ1n) is 10.3. The van der Waals surface area contributed by atoms with E-state index in [9.17, 15) is 22.8 Å². The van der Waals surface area contributed by atoms with Crippen LogP contribution in [0.3, 0.4) is 0 Å². The number of alkyl halides is 3. The highest BCUT2D eigenvalue weighted by atomic mass is 19.4. The molecular formula is C23H26F3N3O3. The molecule has 1 aliphatic rings. The fraction of sp³-hybridized carbons (Fsp3) is 0.391. The number of hydrogen-bond acceptors (Lipinski definition) is 3. The zero-order valence-corrected chi connectivity index (χ0v) is 17.8. The first-order chi connectivity index (χ1) is 15.3. The van der Waals surface area contributed by atoms with Gasteiger partial charge in [0.1, 0.15) is 0 Å². The van der Waals surface area contributed by atoms with Crippen LogP contribution in [0.15, 0.2) is 54.6 Å². The highest BCUT2D eigenvalue weighted by Crippen LogP contribution is 2.29. The Kier molecular flexibility index (Phi) is 7.74. The number of halogens is 3. The number of nitrogens with zero attached hydrogens (tertiary/aromatic N) is 2. The smallest absolute Gasteiger partial charge is 0.378 e. The Hall–Kier alpha value is -3.07. The van der Waals surface area contributed by atoms with Crippen LogP contribution in [-0.2, 0) is 22.3 Å². The minimum absolute atomic E-state index is 0.00314. The second-order valence-electron chi connectivity index (χ2n) is 7.64. The van der Waals surface area contributed by atoms with Crippen LogP contribution in [0.2, 0.25) is 0 Å². The predicted octanol–water partition coefficient (Wildman–Crippen LogP) is 3.49. The third-order valence-corrected chi connectivity index (χ3v) is 5.30. The summed E-state index contributed by atoms with van der Waals surface area (Å²) in [6.45, 7) is 2.00. The molecule has 1 N–H and O–H groups in total. The molecular weight excluding hydrogens is 423 g/mol. The van der Waals surface area contributed by atoms with Crippen LogP contribution in [0.1, 0.15) is 22.6 Å². The first kappa shape index (κ1) is 23.6. The summed E-state index contributed by atoms with van der Waals surface area (Å²) in [5, 5.41) is 2.75. The van der Waals surface area contributed by atoms with Crippen molar-refractivity contribution in [2.24, 2.45) is 0 Å². The SMILES string of the molecule is CN(Cc1cccc(C(F)(F)F)c1)C(=O)NCC(C(=O)N1CCOCC1)c1ccccc1. The number of amides is 3. The van der Waals surface area contributed by atoms with E-state index in [2.05, 4.69) is 5.32 Å². The third kappa shape index (κ3) is 6.23. The lowest BCUT2D eigenvalue weighted by molar-refractivity contribution is -0.138. The molecule has 1 atom stereocenters. The Labute approximate surface area is 184 Å². The lowest BCUT2D eigenvalue weighted by atomic mass is 9.97. The highest BCUT2D eigenvalue weighted by molar-refractivity contribution is 5.85. The van der Waals surface area contributed by atoms with Gasteiger partial charge in [-0.25, -0.2) is 4.79 Å². The van der Waals surface area contributed by atoms with Gasteiger partial charge in [0.05, 0.1) is 24.7 Å². The highest BCUT2D eigenvalue weighted by Gasteiger charge is 2.31. The van der Waals surface area contributed by atoms with Crippen LogP contribution in [0.25, 0.3) is 0 Å². The molecule has 1 fully saturated rings. The zero-order valence-electron chi connectivity index (χ0n) is 17.8. The fourth-order valence-corrected chi connectivity index (χ4v) is 3.55. The van der Waals surface area contributed by atoms with Gasteiger partial charge in [0.25, 0.3) is 0 Å². The number of carbonyl (C=O) groups excluding carboxylic acids is 2. The Bertz CT molecular complexity index is 915. The second kappa shape index (κ2) is 10.5. The molecule has 2 aromatic rings. The van der Waals surface area contributed by atoms with Crippen molar-refractivity contribution in [3.05, 3.63) is 71.3 Å². The molecule has 0 aromatic heterocycles. The van der Waals surface area contributed by atoms with Crippen LogP contribution in [0.4, 0.5) is 18.0 Å². The molecule has 0 radical (unpaired) electrons. The molecule has 9 heteroatoms. The van der Waals surface area contributed by atoms with Gasteiger partial charge in [-0.15, -0.1) is 0 Å². The summed E-state index contributed by atoms with van der Waals surface area (Å²) in [5.74, 6) is -0.666. The Morgan fingerprint density at radius 2 is 1.78 bits per heavy atom. The number of ether oxygens (including phenoxy) is 1. The van der Waals surface area contributed by atoms with Crippen molar-refractivity contribution in [1.29, 1.82) is 0 Å². The minimum atomic E-state index is -4.44. The number of hydrogen-bond donors (Lipinski definition) is 1. The zero-order chi connectivity index (χ0) is 23.1. The van der Waals surface area contributed by atoms with E-state index in [4.69, 9.17) is 4.74 Å². The maximum absolute atomic E-state index is 13.1. The van der Waals surface area contributed by atoms with Crippen molar-refractivity contribution in [1.82, 2.24) is 15.1 Å². The minimum Gasteiger partial charge on any atom is -0.378 e. The maximum Gasteiger partial charge on any atom is 0.416 e. The lowest BCUT2D eigenvalue weighted by Gasteiger charge is -2.31. The van der Waals surface area contributed by atoms with Gasteiger partial charge in [-0.05, 0) is 23.3 Å². The predicted molar refractivity (Wildman–Crippen MR) is 113 cm³/mol. The van der Waals surface area contributed by atoms with Crippen LogP contribution < -0.4 is 5.32 Å². The van der Waals surface area contributed by atoms with Gasteiger partial charge in [0, 0.05) is 33.2 Å². The number of benzene rings is 2. The Morgan fingerprint density at radius 3 is 2.44 bits per heavy atom. The van der Waals surface area contributed by atoms with Crippen molar-refractivity contribution in [2.45, 2.75) is 18.6 Å². The molecule has 0 spiro atoms. The van der Waals surface area contributed by atoms with Gasteiger partial charge >= 0.3 is 12.2 Å². The van der Waals surface area contributed by atoms with Crippen LogP contribution in [0.5, 0.6) is 0 Å².